The number of hydrogen-bond acceptors (Lipinski definition) is 3. The van der Waals surface area contributed by atoms with Crippen LogP contribution in [0.25, 0.3) is 0 Å². The smallest absolute Gasteiger partial charge is 0.320 e. The normalized spacial score (nSPS) is 20.5. The molecule has 0 aromatic carbocycles. The van der Waals surface area contributed by atoms with Crippen molar-refractivity contribution in [1.29, 1.82) is 0 Å². The third kappa shape index (κ3) is 5.93. The minimum Gasteiger partial charge on any atom is -0.480 e. The molecule has 0 aromatic rings. The summed E-state index contributed by atoms with van der Waals surface area (Å²) >= 11 is 0. The Balaban J connectivity index is 0. The number of amides is 1. The molecule has 0 unspecified atom stereocenters. The molecule has 2 N–H and O–H groups in total. The van der Waals surface area contributed by atoms with Gasteiger partial charge in [0, 0.05) is 5.54 Å². The Labute approximate surface area is 135 Å². The highest BCUT2D eigenvalue weighted by Gasteiger charge is 2.38. The van der Waals surface area contributed by atoms with Crippen molar-refractivity contribution in [2.45, 2.75) is 64.6 Å². The highest BCUT2D eigenvalue weighted by atomic mass is 32.1. The van der Waals surface area contributed by atoms with Crippen molar-refractivity contribution in [3.63, 3.8) is 0 Å². The standard InChI is InChI=1S/C13H24N2O3.2H2S/c1-5-9(11(16)14-13(2,3)4)15-8-6-7-10(15)12(17)18;;/h9-10H,5-8H2,1-4H3,(H,14,16)(H,17,18);2*1H2/t9-,10-;;/m0../s1. The summed E-state index contributed by atoms with van der Waals surface area (Å²) in [6.45, 7) is 8.39. The van der Waals surface area contributed by atoms with Crippen molar-refractivity contribution in [3.8, 4) is 0 Å². The number of rotatable bonds is 4. The number of hydrogen-bond donors (Lipinski definition) is 2. The highest BCUT2D eigenvalue weighted by Crippen LogP contribution is 2.22. The van der Waals surface area contributed by atoms with E-state index in [0.29, 0.717) is 19.4 Å². The molecule has 1 aliphatic heterocycles. The molecule has 1 saturated heterocycles. The second-order valence-electron chi connectivity index (χ2n) is 5.90. The third-order valence-electron chi connectivity index (χ3n) is 3.17. The zero-order valence-electron chi connectivity index (χ0n) is 12.7. The van der Waals surface area contributed by atoms with E-state index in [4.69, 9.17) is 5.11 Å². The van der Waals surface area contributed by atoms with E-state index in [2.05, 4.69) is 5.32 Å². The predicted molar refractivity (Wildman–Crippen MR) is 90.1 cm³/mol. The summed E-state index contributed by atoms with van der Waals surface area (Å²) in [4.78, 5) is 25.2. The van der Waals surface area contributed by atoms with Crippen LogP contribution in [-0.4, -0.2) is 46.1 Å². The average Bonchev–Trinajstić information content (AvgIpc) is 2.64. The van der Waals surface area contributed by atoms with E-state index in [0.717, 1.165) is 6.42 Å². The molecular weight excluding hydrogens is 296 g/mol. The van der Waals surface area contributed by atoms with Crippen LogP contribution in [-0.2, 0) is 9.59 Å². The fourth-order valence-electron chi connectivity index (χ4n) is 2.45. The minimum atomic E-state index is -0.825. The van der Waals surface area contributed by atoms with Gasteiger partial charge in [0.25, 0.3) is 0 Å². The fraction of sp³-hybridized carbons (Fsp3) is 0.846. The van der Waals surface area contributed by atoms with Crippen LogP contribution in [0, 0.1) is 0 Å². The molecule has 1 fully saturated rings. The number of carbonyl (C=O) groups is 2. The summed E-state index contributed by atoms with van der Waals surface area (Å²) < 4.78 is 0. The molecule has 0 saturated carbocycles. The zero-order chi connectivity index (χ0) is 13.9. The largest absolute Gasteiger partial charge is 0.480 e. The van der Waals surface area contributed by atoms with E-state index in [-0.39, 0.29) is 44.5 Å². The maximum Gasteiger partial charge on any atom is 0.320 e. The van der Waals surface area contributed by atoms with Gasteiger partial charge in [-0.05, 0) is 46.6 Å². The van der Waals surface area contributed by atoms with Gasteiger partial charge in [0.1, 0.15) is 6.04 Å². The molecule has 120 valence electrons. The van der Waals surface area contributed by atoms with Gasteiger partial charge in [-0.3, -0.25) is 14.5 Å². The van der Waals surface area contributed by atoms with Gasteiger partial charge in [-0.25, -0.2) is 0 Å². The Morgan fingerprint density at radius 3 is 2.30 bits per heavy atom. The van der Waals surface area contributed by atoms with Crippen LogP contribution in [0.3, 0.4) is 0 Å². The van der Waals surface area contributed by atoms with Crippen molar-refractivity contribution in [1.82, 2.24) is 10.2 Å². The van der Waals surface area contributed by atoms with Crippen LogP contribution >= 0.6 is 27.0 Å². The SMILES string of the molecule is CC[C@@H](C(=O)NC(C)(C)C)N1CCC[C@H]1C(=O)O.S.S. The zero-order valence-corrected chi connectivity index (χ0v) is 14.7. The summed E-state index contributed by atoms with van der Waals surface area (Å²) in [6.07, 6.45) is 2.11. The Morgan fingerprint density at radius 1 is 1.35 bits per heavy atom. The molecular formula is C13H28N2O3S2. The van der Waals surface area contributed by atoms with Gasteiger partial charge in [0.2, 0.25) is 5.91 Å². The van der Waals surface area contributed by atoms with E-state index >= 15 is 0 Å². The topological polar surface area (TPSA) is 69.6 Å². The Morgan fingerprint density at radius 2 is 1.90 bits per heavy atom. The lowest BCUT2D eigenvalue weighted by molar-refractivity contribution is -0.144. The van der Waals surface area contributed by atoms with E-state index in [1.807, 2.05) is 32.6 Å². The van der Waals surface area contributed by atoms with Crippen LogP contribution < -0.4 is 5.32 Å². The Hall–Kier alpha value is -0.400. The molecule has 0 aliphatic carbocycles. The number of carbonyl (C=O) groups excluding carboxylic acids is 1. The van der Waals surface area contributed by atoms with Crippen molar-refractivity contribution in [2.24, 2.45) is 0 Å². The minimum absolute atomic E-state index is 0. The van der Waals surface area contributed by atoms with Gasteiger partial charge in [0.15, 0.2) is 0 Å². The lowest BCUT2D eigenvalue weighted by Gasteiger charge is -2.32. The molecule has 0 aromatic heterocycles. The maximum atomic E-state index is 12.2. The van der Waals surface area contributed by atoms with Crippen molar-refractivity contribution in [2.75, 3.05) is 6.54 Å². The first-order valence-electron chi connectivity index (χ1n) is 6.57. The molecule has 0 spiro atoms. The van der Waals surface area contributed by atoms with Crippen LogP contribution in [0.1, 0.15) is 47.0 Å². The fourth-order valence-corrected chi connectivity index (χ4v) is 2.45. The van der Waals surface area contributed by atoms with E-state index in [1.165, 1.54) is 0 Å². The van der Waals surface area contributed by atoms with Gasteiger partial charge in [0.05, 0.1) is 6.04 Å². The summed E-state index contributed by atoms with van der Waals surface area (Å²) in [5.74, 6) is -0.896. The number of nitrogens with zero attached hydrogens (tertiary/aromatic N) is 1. The maximum absolute atomic E-state index is 12.2. The highest BCUT2D eigenvalue weighted by molar-refractivity contribution is 7.59. The second-order valence-corrected chi connectivity index (χ2v) is 5.90. The van der Waals surface area contributed by atoms with Crippen molar-refractivity contribution in [3.05, 3.63) is 0 Å². The summed E-state index contributed by atoms with van der Waals surface area (Å²) in [5.41, 5.74) is -0.289. The molecule has 20 heavy (non-hydrogen) atoms. The van der Waals surface area contributed by atoms with Crippen LogP contribution in [0.5, 0.6) is 0 Å². The molecule has 5 nitrogen and oxygen atoms in total. The average molecular weight is 325 g/mol. The quantitative estimate of drug-likeness (QED) is 0.821. The van der Waals surface area contributed by atoms with Crippen LogP contribution in [0.2, 0.25) is 0 Å². The Bertz CT molecular complexity index is 332. The van der Waals surface area contributed by atoms with E-state index < -0.39 is 12.0 Å². The molecule has 2 atom stereocenters. The predicted octanol–water partition coefficient (Wildman–Crippen LogP) is 1.45. The number of aliphatic carboxylic acids is 1. The molecule has 1 rings (SSSR count). The van der Waals surface area contributed by atoms with Gasteiger partial charge in [-0.1, -0.05) is 6.92 Å². The monoisotopic (exact) mass is 324 g/mol. The van der Waals surface area contributed by atoms with Crippen molar-refractivity contribution >= 4 is 38.9 Å². The van der Waals surface area contributed by atoms with Gasteiger partial charge in [-0.15, -0.1) is 0 Å². The van der Waals surface area contributed by atoms with Gasteiger partial charge >= 0.3 is 5.97 Å². The molecule has 1 amide bonds. The van der Waals surface area contributed by atoms with Crippen LogP contribution in [0.4, 0.5) is 0 Å². The van der Waals surface area contributed by atoms with Gasteiger partial charge < -0.3 is 10.4 Å². The first-order valence-corrected chi connectivity index (χ1v) is 6.57. The third-order valence-corrected chi connectivity index (χ3v) is 3.17. The van der Waals surface area contributed by atoms with E-state index in [1.54, 1.807) is 0 Å². The lowest BCUT2D eigenvalue weighted by atomic mass is 10.1. The first-order chi connectivity index (χ1) is 8.26. The van der Waals surface area contributed by atoms with E-state index in [9.17, 15) is 9.59 Å². The first kappa shape index (κ1) is 21.9. The molecule has 7 heteroatoms. The summed E-state index contributed by atoms with van der Waals surface area (Å²) in [6, 6.07) is -0.853. The number of nitrogens with one attached hydrogen (secondary N) is 1. The molecule has 0 bridgehead atoms. The molecule has 0 radical (unpaired) electrons. The Kier molecular flexibility index (Phi) is 9.62. The van der Waals surface area contributed by atoms with Crippen LogP contribution in [0.15, 0.2) is 0 Å². The summed E-state index contributed by atoms with van der Waals surface area (Å²) in [5, 5.41) is 12.1. The molecule has 1 aliphatic rings. The van der Waals surface area contributed by atoms with Crippen molar-refractivity contribution < 1.29 is 14.7 Å². The number of carboxylic acids is 1. The number of likely N-dealkylation sites (tertiary alicyclic amines) is 1. The second kappa shape index (κ2) is 8.79. The van der Waals surface area contributed by atoms with Gasteiger partial charge in [-0.2, -0.15) is 27.0 Å². The molecule has 1 heterocycles. The number of carboxylic acid groups (broad SMARTS) is 1. The summed E-state index contributed by atoms with van der Waals surface area (Å²) in [7, 11) is 0. The lowest BCUT2D eigenvalue weighted by Crippen LogP contribution is -2.54.